The van der Waals surface area contributed by atoms with Gasteiger partial charge in [0.25, 0.3) is 0 Å². The van der Waals surface area contributed by atoms with Crippen LogP contribution in [-0.4, -0.2) is 23.3 Å². The molecule has 0 aromatic rings. The van der Waals surface area contributed by atoms with Gasteiger partial charge in [-0.05, 0) is 32.3 Å². The Kier molecular flexibility index (Phi) is 2.76. The maximum absolute atomic E-state index is 10.9. The first kappa shape index (κ1) is 10.3. The summed E-state index contributed by atoms with van der Waals surface area (Å²) in [4.78, 5) is 10.9. The smallest absolute Gasteiger partial charge is 0.331 e. The molecule has 1 saturated heterocycles. The van der Waals surface area contributed by atoms with E-state index in [1.807, 2.05) is 20.8 Å². The fraction of sp³-hybridized carbons (Fsp3) is 0.700. The summed E-state index contributed by atoms with van der Waals surface area (Å²) in [7, 11) is 0. The normalized spacial score (nSPS) is 24.5. The Hall–Kier alpha value is -0.830. The molecular weight excluding hydrogens is 168 g/mol. The van der Waals surface area contributed by atoms with Gasteiger partial charge in [-0.15, -0.1) is 0 Å². The van der Waals surface area contributed by atoms with Crippen molar-refractivity contribution in [3.8, 4) is 0 Å². The number of ether oxygens (including phenoxy) is 1. The van der Waals surface area contributed by atoms with Gasteiger partial charge in [-0.2, -0.15) is 0 Å². The Morgan fingerprint density at radius 3 is 2.54 bits per heavy atom. The van der Waals surface area contributed by atoms with Crippen LogP contribution >= 0.6 is 0 Å². The molecule has 0 atom stereocenters. The van der Waals surface area contributed by atoms with Gasteiger partial charge >= 0.3 is 5.97 Å². The first-order chi connectivity index (χ1) is 5.99. The summed E-state index contributed by atoms with van der Waals surface area (Å²) < 4.78 is 5.46. The number of hydrogen-bond donors (Lipinski definition) is 1. The van der Waals surface area contributed by atoms with E-state index < -0.39 is 5.97 Å². The van der Waals surface area contributed by atoms with Gasteiger partial charge in [0.05, 0.1) is 12.2 Å². The maximum atomic E-state index is 10.9. The molecule has 74 valence electrons. The predicted molar refractivity (Wildman–Crippen MR) is 49.6 cm³/mol. The average molecular weight is 184 g/mol. The van der Waals surface area contributed by atoms with E-state index >= 15 is 0 Å². The Labute approximate surface area is 78.4 Å². The van der Waals surface area contributed by atoms with Gasteiger partial charge in [-0.3, -0.25) is 0 Å². The SMILES string of the molecule is CC/C(C(=O)O)=C1\CCOC1(C)C. The molecule has 1 N–H and O–H groups in total. The quantitative estimate of drug-likeness (QED) is 0.667. The third-order valence-corrected chi connectivity index (χ3v) is 2.52. The topological polar surface area (TPSA) is 46.5 Å². The summed E-state index contributed by atoms with van der Waals surface area (Å²) in [6.07, 6.45) is 1.32. The Balaban J connectivity index is 3.07. The maximum Gasteiger partial charge on any atom is 0.331 e. The van der Waals surface area contributed by atoms with Crippen LogP contribution in [0, 0.1) is 0 Å². The van der Waals surface area contributed by atoms with Crippen LogP contribution in [-0.2, 0) is 9.53 Å². The summed E-state index contributed by atoms with van der Waals surface area (Å²) in [5.74, 6) is -0.809. The number of carboxylic acid groups (broad SMARTS) is 1. The van der Waals surface area contributed by atoms with E-state index in [4.69, 9.17) is 9.84 Å². The van der Waals surface area contributed by atoms with Gasteiger partial charge in [0.1, 0.15) is 0 Å². The summed E-state index contributed by atoms with van der Waals surface area (Å²) in [6.45, 7) is 6.35. The van der Waals surface area contributed by atoms with Crippen molar-refractivity contribution < 1.29 is 14.6 Å². The molecule has 1 fully saturated rings. The molecule has 0 aromatic heterocycles. The Morgan fingerprint density at radius 2 is 2.23 bits per heavy atom. The molecule has 1 aliphatic rings. The average Bonchev–Trinajstić information content (AvgIpc) is 2.32. The second-order valence-electron chi connectivity index (χ2n) is 3.72. The van der Waals surface area contributed by atoms with Crippen LogP contribution in [0.4, 0.5) is 0 Å². The minimum atomic E-state index is -0.809. The van der Waals surface area contributed by atoms with Crippen LogP contribution < -0.4 is 0 Å². The Morgan fingerprint density at radius 1 is 1.62 bits per heavy atom. The molecule has 0 saturated carbocycles. The molecule has 1 aliphatic heterocycles. The summed E-state index contributed by atoms with van der Waals surface area (Å²) in [5, 5.41) is 8.95. The lowest BCUT2D eigenvalue weighted by Crippen LogP contribution is -2.22. The van der Waals surface area contributed by atoms with Crippen molar-refractivity contribution in [1.82, 2.24) is 0 Å². The molecule has 3 heteroatoms. The van der Waals surface area contributed by atoms with E-state index in [9.17, 15) is 4.79 Å². The van der Waals surface area contributed by atoms with Crippen LogP contribution in [0.3, 0.4) is 0 Å². The molecule has 0 amide bonds. The summed E-state index contributed by atoms with van der Waals surface area (Å²) in [6, 6.07) is 0. The fourth-order valence-corrected chi connectivity index (χ4v) is 1.80. The number of hydrogen-bond acceptors (Lipinski definition) is 2. The van der Waals surface area contributed by atoms with Crippen LogP contribution in [0.1, 0.15) is 33.6 Å². The molecule has 3 nitrogen and oxygen atoms in total. The molecule has 0 unspecified atom stereocenters. The number of carboxylic acids is 1. The molecule has 0 bridgehead atoms. The van der Waals surface area contributed by atoms with Crippen LogP contribution in [0.5, 0.6) is 0 Å². The van der Waals surface area contributed by atoms with E-state index in [2.05, 4.69) is 0 Å². The third kappa shape index (κ3) is 1.91. The van der Waals surface area contributed by atoms with Gasteiger partial charge in [0, 0.05) is 5.57 Å². The highest BCUT2D eigenvalue weighted by atomic mass is 16.5. The van der Waals surface area contributed by atoms with Gasteiger partial charge in [-0.25, -0.2) is 4.79 Å². The van der Waals surface area contributed by atoms with Crippen LogP contribution in [0.2, 0.25) is 0 Å². The minimum Gasteiger partial charge on any atom is -0.478 e. The number of carbonyl (C=O) groups is 1. The van der Waals surface area contributed by atoms with E-state index in [0.717, 1.165) is 12.0 Å². The number of aliphatic carboxylic acids is 1. The van der Waals surface area contributed by atoms with Crippen LogP contribution in [0.25, 0.3) is 0 Å². The van der Waals surface area contributed by atoms with Crippen molar-refractivity contribution in [2.45, 2.75) is 39.2 Å². The lowest BCUT2D eigenvalue weighted by molar-refractivity contribution is -0.133. The zero-order valence-electron chi connectivity index (χ0n) is 8.39. The first-order valence-corrected chi connectivity index (χ1v) is 4.58. The highest BCUT2D eigenvalue weighted by Crippen LogP contribution is 2.34. The lowest BCUT2D eigenvalue weighted by atomic mass is 9.92. The van der Waals surface area contributed by atoms with Crippen LogP contribution in [0.15, 0.2) is 11.1 Å². The molecule has 13 heavy (non-hydrogen) atoms. The fourth-order valence-electron chi connectivity index (χ4n) is 1.80. The molecule has 0 spiro atoms. The van der Waals surface area contributed by atoms with E-state index in [0.29, 0.717) is 18.6 Å². The van der Waals surface area contributed by atoms with Gasteiger partial charge < -0.3 is 9.84 Å². The molecule has 1 rings (SSSR count). The largest absolute Gasteiger partial charge is 0.478 e. The zero-order chi connectivity index (χ0) is 10.1. The molecule has 1 heterocycles. The minimum absolute atomic E-state index is 0.385. The third-order valence-electron chi connectivity index (χ3n) is 2.52. The van der Waals surface area contributed by atoms with Crippen molar-refractivity contribution in [3.63, 3.8) is 0 Å². The Bertz CT molecular complexity index is 251. The lowest BCUT2D eigenvalue weighted by Gasteiger charge is -2.20. The van der Waals surface area contributed by atoms with E-state index in [1.165, 1.54) is 0 Å². The second-order valence-corrected chi connectivity index (χ2v) is 3.72. The summed E-state index contributed by atoms with van der Waals surface area (Å²) >= 11 is 0. The van der Waals surface area contributed by atoms with E-state index in [-0.39, 0.29) is 5.60 Å². The predicted octanol–water partition coefficient (Wildman–Crippen LogP) is 1.98. The monoisotopic (exact) mass is 184 g/mol. The molecular formula is C10H16O3. The molecule has 0 aliphatic carbocycles. The number of rotatable bonds is 2. The second kappa shape index (κ2) is 3.50. The van der Waals surface area contributed by atoms with Crippen molar-refractivity contribution in [2.24, 2.45) is 0 Å². The highest BCUT2D eigenvalue weighted by molar-refractivity contribution is 5.87. The van der Waals surface area contributed by atoms with Crippen molar-refractivity contribution in [1.29, 1.82) is 0 Å². The van der Waals surface area contributed by atoms with Crippen molar-refractivity contribution in [3.05, 3.63) is 11.1 Å². The zero-order valence-corrected chi connectivity index (χ0v) is 8.39. The van der Waals surface area contributed by atoms with E-state index in [1.54, 1.807) is 0 Å². The first-order valence-electron chi connectivity index (χ1n) is 4.58. The standard InChI is InChI=1S/C10H16O3/c1-4-7(9(11)12)8-5-6-13-10(8,2)3/h4-6H2,1-3H3,(H,11,12)/b8-7-. The molecule has 0 radical (unpaired) electrons. The van der Waals surface area contributed by atoms with Crippen molar-refractivity contribution in [2.75, 3.05) is 6.61 Å². The highest BCUT2D eigenvalue weighted by Gasteiger charge is 2.33. The summed E-state index contributed by atoms with van der Waals surface area (Å²) in [5.41, 5.74) is 1.08. The van der Waals surface area contributed by atoms with Gasteiger partial charge in [0.15, 0.2) is 0 Å². The van der Waals surface area contributed by atoms with Gasteiger partial charge in [-0.1, -0.05) is 6.92 Å². The van der Waals surface area contributed by atoms with Gasteiger partial charge in [0.2, 0.25) is 0 Å². The van der Waals surface area contributed by atoms with Crippen molar-refractivity contribution >= 4 is 5.97 Å². The molecule has 0 aromatic carbocycles.